The predicted octanol–water partition coefficient (Wildman–Crippen LogP) is 2.81. The number of rotatable bonds is 5. The van der Waals surface area contributed by atoms with Crippen LogP contribution in [-0.4, -0.2) is 42.3 Å². The summed E-state index contributed by atoms with van der Waals surface area (Å²) in [5.41, 5.74) is 3.89. The van der Waals surface area contributed by atoms with E-state index in [2.05, 4.69) is 10.6 Å². The molecule has 1 aromatic carbocycles. The fourth-order valence-corrected chi connectivity index (χ4v) is 3.80. The standard InChI is InChI=1S/C22H27N3O4/c1-14-10-15(2)20(16(3)11-14)24-19(26)12-23-21(27)17-6-4-8-25(13-17)22(28)18-7-5-9-29-18/h5,7,9-11,17H,4,6,8,12-13H2,1-3H3,(H,23,27)(H,24,26)/t17-/m0/s1. The van der Waals surface area contributed by atoms with Gasteiger partial charge in [0.25, 0.3) is 5.91 Å². The van der Waals surface area contributed by atoms with E-state index in [0.717, 1.165) is 28.8 Å². The number of carbonyl (C=O) groups excluding carboxylic acids is 3. The highest BCUT2D eigenvalue weighted by atomic mass is 16.3. The van der Waals surface area contributed by atoms with Crippen LogP contribution in [0.5, 0.6) is 0 Å². The van der Waals surface area contributed by atoms with Crippen molar-refractivity contribution in [1.29, 1.82) is 0 Å². The lowest BCUT2D eigenvalue weighted by Gasteiger charge is -2.31. The van der Waals surface area contributed by atoms with Crippen LogP contribution in [-0.2, 0) is 9.59 Å². The molecular weight excluding hydrogens is 370 g/mol. The van der Waals surface area contributed by atoms with E-state index < -0.39 is 0 Å². The first kappa shape index (κ1) is 20.6. The van der Waals surface area contributed by atoms with Crippen molar-refractivity contribution in [3.8, 4) is 0 Å². The molecule has 2 heterocycles. The molecular formula is C22H27N3O4. The van der Waals surface area contributed by atoms with Crippen LogP contribution in [0.3, 0.4) is 0 Å². The Hall–Kier alpha value is -3.09. The Kier molecular flexibility index (Phi) is 6.36. The van der Waals surface area contributed by atoms with Gasteiger partial charge >= 0.3 is 0 Å². The molecule has 2 N–H and O–H groups in total. The molecule has 0 unspecified atom stereocenters. The summed E-state index contributed by atoms with van der Waals surface area (Å²) >= 11 is 0. The third kappa shape index (κ3) is 5.04. The van der Waals surface area contributed by atoms with Gasteiger partial charge in [-0.05, 0) is 56.9 Å². The van der Waals surface area contributed by atoms with E-state index in [1.54, 1.807) is 17.0 Å². The molecule has 1 fully saturated rings. The summed E-state index contributed by atoms with van der Waals surface area (Å²) in [4.78, 5) is 38.9. The van der Waals surface area contributed by atoms with E-state index in [9.17, 15) is 14.4 Å². The molecule has 7 nitrogen and oxygen atoms in total. The number of carbonyl (C=O) groups is 3. The van der Waals surface area contributed by atoms with Gasteiger partial charge in [-0.2, -0.15) is 0 Å². The Morgan fingerprint density at radius 1 is 1.17 bits per heavy atom. The molecule has 0 bridgehead atoms. The molecule has 1 saturated heterocycles. The van der Waals surface area contributed by atoms with Crippen molar-refractivity contribution in [1.82, 2.24) is 10.2 Å². The molecule has 3 rings (SSSR count). The van der Waals surface area contributed by atoms with Gasteiger partial charge in [-0.1, -0.05) is 17.7 Å². The van der Waals surface area contributed by atoms with Gasteiger partial charge < -0.3 is 20.0 Å². The summed E-state index contributed by atoms with van der Waals surface area (Å²) in [6.07, 6.45) is 2.88. The molecule has 154 valence electrons. The van der Waals surface area contributed by atoms with Crippen LogP contribution in [0.15, 0.2) is 34.9 Å². The van der Waals surface area contributed by atoms with Crippen molar-refractivity contribution in [3.63, 3.8) is 0 Å². The zero-order valence-corrected chi connectivity index (χ0v) is 17.1. The maximum Gasteiger partial charge on any atom is 0.289 e. The van der Waals surface area contributed by atoms with Gasteiger partial charge in [0.15, 0.2) is 5.76 Å². The lowest BCUT2D eigenvalue weighted by atomic mass is 9.97. The molecule has 1 aliphatic heterocycles. The van der Waals surface area contributed by atoms with Gasteiger partial charge in [-0.3, -0.25) is 14.4 Å². The van der Waals surface area contributed by atoms with Crippen molar-refractivity contribution in [2.75, 3.05) is 25.0 Å². The Morgan fingerprint density at radius 3 is 2.55 bits per heavy atom. The number of aryl methyl sites for hydroxylation is 3. The lowest BCUT2D eigenvalue weighted by molar-refractivity contribution is -0.128. The summed E-state index contributed by atoms with van der Waals surface area (Å²) in [5, 5.41) is 5.58. The van der Waals surface area contributed by atoms with Crippen LogP contribution < -0.4 is 10.6 Å². The lowest BCUT2D eigenvalue weighted by Crippen LogP contribution is -2.46. The first-order chi connectivity index (χ1) is 13.8. The second-order valence-electron chi connectivity index (χ2n) is 7.61. The van der Waals surface area contributed by atoms with Gasteiger partial charge in [-0.25, -0.2) is 0 Å². The molecule has 0 radical (unpaired) electrons. The number of nitrogens with one attached hydrogen (secondary N) is 2. The van der Waals surface area contributed by atoms with Gasteiger partial charge in [0.2, 0.25) is 11.8 Å². The SMILES string of the molecule is Cc1cc(C)c(NC(=O)CNC(=O)[C@H]2CCCN(C(=O)c3ccco3)C2)c(C)c1. The summed E-state index contributed by atoms with van der Waals surface area (Å²) < 4.78 is 5.16. The van der Waals surface area contributed by atoms with Crippen LogP contribution in [0.1, 0.15) is 40.1 Å². The first-order valence-electron chi connectivity index (χ1n) is 9.83. The Morgan fingerprint density at radius 2 is 1.90 bits per heavy atom. The number of benzene rings is 1. The Bertz CT molecular complexity index is 882. The van der Waals surface area contributed by atoms with Crippen LogP contribution in [0.25, 0.3) is 0 Å². The minimum atomic E-state index is -0.335. The zero-order chi connectivity index (χ0) is 21.0. The third-order valence-electron chi connectivity index (χ3n) is 5.18. The molecule has 2 aromatic rings. The minimum absolute atomic E-state index is 0.103. The maximum absolute atomic E-state index is 12.5. The number of nitrogens with zero attached hydrogens (tertiary/aromatic N) is 1. The average molecular weight is 397 g/mol. The summed E-state index contributed by atoms with van der Waals surface area (Å²) in [6, 6.07) is 7.30. The van der Waals surface area contributed by atoms with Gasteiger partial charge in [-0.15, -0.1) is 0 Å². The predicted molar refractivity (Wildman–Crippen MR) is 110 cm³/mol. The maximum atomic E-state index is 12.5. The van der Waals surface area contributed by atoms with E-state index in [1.807, 2.05) is 32.9 Å². The number of furan rings is 1. The topological polar surface area (TPSA) is 91.7 Å². The fraction of sp³-hybridized carbons (Fsp3) is 0.409. The van der Waals surface area contributed by atoms with E-state index >= 15 is 0 Å². The van der Waals surface area contributed by atoms with Crippen LogP contribution in [0.4, 0.5) is 5.69 Å². The number of hydrogen-bond acceptors (Lipinski definition) is 4. The van der Waals surface area contributed by atoms with E-state index in [0.29, 0.717) is 19.5 Å². The molecule has 29 heavy (non-hydrogen) atoms. The molecule has 0 aliphatic carbocycles. The van der Waals surface area contributed by atoms with Crippen LogP contribution in [0, 0.1) is 26.7 Å². The smallest absolute Gasteiger partial charge is 0.289 e. The molecule has 0 saturated carbocycles. The molecule has 1 atom stereocenters. The second kappa shape index (κ2) is 8.94. The van der Waals surface area contributed by atoms with Gasteiger partial charge in [0.1, 0.15) is 0 Å². The van der Waals surface area contributed by atoms with E-state index in [-0.39, 0.29) is 35.9 Å². The van der Waals surface area contributed by atoms with E-state index in [1.165, 1.54) is 6.26 Å². The number of amides is 3. The van der Waals surface area contributed by atoms with Crippen molar-refractivity contribution in [2.24, 2.45) is 5.92 Å². The number of anilines is 1. The van der Waals surface area contributed by atoms with Crippen molar-refractivity contribution < 1.29 is 18.8 Å². The fourth-order valence-electron chi connectivity index (χ4n) is 3.80. The molecule has 1 aromatic heterocycles. The number of likely N-dealkylation sites (tertiary alicyclic amines) is 1. The van der Waals surface area contributed by atoms with Gasteiger partial charge in [0.05, 0.1) is 18.7 Å². The molecule has 0 spiro atoms. The van der Waals surface area contributed by atoms with Gasteiger partial charge in [0, 0.05) is 18.8 Å². The number of piperidine rings is 1. The van der Waals surface area contributed by atoms with E-state index in [4.69, 9.17) is 4.42 Å². The Labute approximate surface area is 170 Å². The largest absolute Gasteiger partial charge is 0.459 e. The molecule has 3 amide bonds. The summed E-state index contributed by atoms with van der Waals surface area (Å²) in [5.74, 6) is -0.759. The van der Waals surface area contributed by atoms with Crippen molar-refractivity contribution in [2.45, 2.75) is 33.6 Å². The molecule has 1 aliphatic rings. The highest BCUT2D eigenvalue weighted by Gasteiger charge is 2.30. The highest BCUT2D eigenvalue weighted by molar-refractivity contribution is 5.96. The first-order valence-corrected chi connectivity index (χ1v) is 9.83. The summed E-state index contributed by atoms with van der Waals surface area (Å²) in [6.45, 7) is 6.71. The average Bonchev–Trinajstić information content (AvgIpc) is 3.23. The quantitative estimate of drug-likeness (QED) is 0.812. The minimum Gasteiger partial charge on any atom is -0.459 e. The van der Waals surface area contributed by atoms with Crippen molar-refractivity contribution >= 4 is 23.4 Å². The zero-order valence-electron chi connectivity index (χ0n) is 17.1. The molecule has 7 heteroatoms. The number of hydrogen-bond donors (Lipinski definition) is 2. The normalized spacial score (nSPS) is 16.4. The third-order valence-corrected chi connectivity index (χ3v) is 5.18. The highest BCUT2D eigenvalue weighted by Crippen LogP contribution is 2.22. The summed E-state index contributed by atoms with van der Waals surface area (Å²) in [7, 11) is 0. The van der Waals surface area contributed by atoms with Crippen LogP contribution in [0.2, 0.25) is 0 Å². The Balaban J connectivity index is 1.52. The van der Waals surface area contributed by atoms with Crippen molar-refractivity contribution in [3.05, 3.63) is 53.0 Å². The van der Waals surface area contributed by atoms with Crippen LogP contribution >= 0.6 is 0 Å². The second-order valence-corrected chi connectivity index (χ2v) is 7.61. The monoisotopic (exact) mass is 397 g/mol.